The monoisotopic (exact) mass is 414 g/mol. The molecule has 3 heterocycles. The number of halogens is 3. The summed E-state index contributed by atoms with van der Waals surface area (Å²) in [6.45, 7) is 1.36. The lowest BCUT2D eigenvalue weighted by Crippen LogP contribution is -2.34. The number of hydrogen-bond donors (Lipinski definition) is 1. The number of alkyl halides is 3. The van der Waals surface area contributed by atoms with E-state index in [9.17, 15) is 18.0 Å². The number of hydrogen-bond acceptors (Lipinski definition) is 5. The molecule has 2 fully saturated rings. The van der Waals surface area contributed by atoms with Gasteiger partial charge in [-0.25, -0.2) is 9.97 Å². The lowest BCUT2D eigenvalue weighted by molar-refractivity contribution is -0.137. The Morgan fingerprint density at radius 3 is 2.53 bits per heavy atom. The summed E-state index contributed by atoms with van der Waals surface area (Å²) in [4.78, 5) is 22.6. The summed E-state index contributed by atoms with van der Waals surface area (Å²) in [5.41, 5.74) is 6.07. The molecule has 1 aromatic carbocycles. The molecule has 30 heavy (non-hydrogen) atoms. The van der Waals surface area contributed by atoms with Crippen molar-refractivity contribution in [1.82, 2.24) is 14.9 Å². The number of rotatable bonds is 3. The Kier molecular flexibility index (Phi) is 4.18. The summed E-state index contributed by atoms with van der Waals surface area (Å²) < 4.78 is 43.4. The maximum absolute atomic E-state index is 12.7. The van der Waals surface area contributed by atoms with Crippen molar-refractivity contribution in [3.63, 3.8) is 0 Å². The van der Waals surface area contributed by atoms with Crippen LogP contribution >= 0.6 is 0 Å². The van der Waals surface area contributed by atoms with Crippen LogP contribution in [0, 0.1) is 11.8 Å². The van der Waals surface area contributed by atoms with E-state index in [1.54, 1.807) is 35.2 Å². The van der Waals surface area contributed by atoms with E-state index < -0.39 is 11.7 Å². The van der Waals surface area contributed by atoms with Crippen LogP contribution in [0.25, 0.3) is 10.9 Å². The molecule has 1 saturated heterocycles. The third-order valence-electron chi connectivity index (χ3n) is 5.71. The first-order valence-electron chi connectivity index (χ1n) is 9.46. The van der Waals surface area contributed by atoms with E-state index in [0.717, 1.165) is 17.6 Å². The van der Waals surface area contributed by atoms with Gasteiger partial charge < -0.3 is 15.4 Å². The van der Waals surface area contributed by atoms with Crippen molar-refractivity contribution in [1.29, 1.82) is 0 Å². The highest BCUT2D eigenvalue weighted by Crippen LogP contribution is 2.44. The van der Waals surface area contributed by atoms with Gasteiger partial charge >= 0.3 is 6.18 Å². The quantitative estimate of drug-likeness (QED) is 0.710. The van der Waals surface area contributed by atoms with Crippen LogP contribution in [0.5, 0.6) is 11.6 Å². The van der Waals surface area contributed by atoms with Gasteiger partial charge in [-0.2, -0.15) is 13.2 Å². The van der Waals surface area contributed by atoms with Gasteiger partial charge in [0.2, 0.25) is 5.88 Å². The largest absolute Gasteiger partial charge is 0.439 e. The van der Waals surface area contributed by atoms with Gasteiger partial charge in [0.15, 0.2) is 0 Å². The second-order valence-corrected chi connectivity index (χ2v) is 7.65. The minimum absolute atomic E-state index is 0.0490. The molecule has 0 spiro atoms. The number of benzene rings is 1. The molecule has 5 rings (SSSR count). The summed E-state index contributed by atoms with van der Waals surface area (Å²) in [5.74, 6) is 1.17. The van der Waals surface area contributed by atoms with Crippen LogP contribution in [0.1, 0.15) is 16.1 Å². The molecule has 1 amide bonds. The molecule has 2 N–H and O–H groups in total. The highest BCUT2D eigenvalue weighted by molar-refractivity contribution is 5.95. The van der Waals surface area contributed by atoms with E-state index in [-0.39, 0.29) is 17.8 Å². The van der Waals surface area contributed by atoms with Crippen molar-refractivity contribution in [2.75, 3.05) is 13.1 Å². The fourth-order valence-electron chi connectivity index (χ4n) is 3.92. The molecular weight excluding hydrogens is 397 g/mol. The summed E-state index contributed by atoms with van der Waals surface area (Å²) in [6.07, 6.45) is -3.72. The second kappa shape index (κ2) is 6.66. The topological polar surface area (TPSA) is 81.3 Å². The Morgan fingerprint density at radius 1 is 1.10 bits per heavy atom. The fraction of sp³-hybridized carbons (Fsp3) is 0.286. The van der Waals surface area contributed by atoms with Gasteiger partial charge in [-0.15, -0.1) is 0 Å². The Balaban J connectivity index is 1.31. The van der Waals surface area contributed by atoms with Crippen molar-refractivity contribution in [3.05, 3.63) is 59.9 Å². The molecule has 9 heteroatoms. The summed E-state index contributed by atoms with van der Waals surface area (Å²) in [7, 11) is 0. The van der Waals surface area contributed by atoms with Crippen LogP contribution in [-0.2, 0) is 6.18 Å². The molecule has 2 aromatic heterocycles. The van der Waals surface area contributed by atoms with Crippen molar-refractivity contribution in [3.8, 4) is 11.6 Å². The van der Waals surface area contributed by atoms with Crippen LogP contribution in [0.2, 0.25) is 0 Å². The highest BCUT2D eigenvalue weighted by atomic mass is 19.4. The number of nitrogens with two attached hydrogens (primary N) is 1. The Morgan fingerprint density at radius 2 is 1.87 bits per heavy atom. The maximum Gasteiger partial charge on any atom is 0.417 e. The average Bonchev–Trinajstić information content (AvgIpc) is 3.12. The van der Waals surface area contributed by atoms with E-state index in [4.69, 9.17) is 10.5 Å². The molecular formula is C21H17F3N4O2. The molecule has 0 bridgehead atoms. The summed E-state index contributed by atoms with van der Waals surface area (Å²) in [5, 5.41) is 0.738. The molecule has 1 aliphatic carbocycles. The second-order valence-electron chi connectivity index (χ2n) is 7.65. The van der Waals surface area contributed by atoms with Crippen molar-refractivity contribution < 1.29 is 22.7 Å². The zero-order valence-electron chi connectivity index (χ0n) is 15.6. The van der Waals surface area contributed by atoms with E-state index in [1.807, 2.05) is 0 Å². The predicted molar refractivity (Wildman–Crippen MR) is 102 cm³/mol. The van der Waals surface area contributed by atoms with Crippen LogP contribution in [0.15, 0.2) is 48.7 Å². The number of amides is 1. The third kappa shape index (κ3) is 3.35. The number of nitrogens with zero attached hydrogens (tertiary/aromatic N) is 3. The average molecular weight is 414 g/mol. The maximum atomic E-state index is 12.7. The van der Waals surface area contributed by atoms with Gasteiger partial charge in [0.25, 0.3) is 5.91 Å². The first-order chi connectivity index (χ1) is 14.3. The normalized spacial score (nSPS) is 22.8. The third-order valence-corrected chi connectivity index (χ3v) is 5.71. The predicted octanol–water partition coefficient (Wildman–Crippen LogP) is 3.47. The van der Waals surface area contributed by atoms with E-state index in [0.29, 0.717) is 41.9 Å². The number of carbonyl (C=O) groups excluding carboxylic acids is 1. The SMILES string of the molecule is N[C@H]1[C@H]2CN(C(=O)c3ccc4cc(Oc5ccc(C(F)(F)F)cn5)ccc4n3)C[C@@H]12. The fourth-order valence-corrected chi connectivity index (χ4v) is 3.92. The van der Waals surface area contributed by atoms with E-state index >= 15 is 0 Å². The van der Waals surface area contributed by atoms with Gasteiger partial charge in [-0.1, -0.05) is 6.07 Å². The minimum atomic E-state index is -4.45. The standard InChI is InChI=1S/C21H17F3N4O2/c22-21(23,24)12-2-6-18(26-8-12)30-13-3-5-16-11(7-13)1-4-17(27-16)20(29)28-9-14-15(10-28)19(14)25/h1-8,14-15,19H,9-10,25H2/t14-,15+,19-. The van der Waals surface area contributed by atoms with Gasteiger partial charge in [-0.3, -0.25) is 4.79 Å². The number of carbonyl (C=O) groups is 1. The lowest BCUT2D eigenvalue weighted by atomic mass is 10.2. The molecule has 0 radical (unpaired) electrons. The first-order valence-corrected chi connectivity index (χ1v) is 9.46. The molecule has 0 unspecified atom stereocenters. The molecule has 3 atom stereocenters. The zero-order chi connectivity index (χ0) is 21.0. The van der Waals surface area contributed by atoms with Crippen LogP contribution in [0.4, 0.5) is 13.2 Å². The molecule has 2 aliphatic rings. The molecule has 1 aliphatic heterocycles. The zero-order valence-corrected chi connectivity index (χ0v) is 15.6. The Hall–Kier alpha value is -3.20. The van der Waals surface area contributed by atoms with E-state index in [1.165, 1.54) is 6.07 Å². The summed E-state index contributed by atoms with van der Waals surface area (Å²) in [6, 6.07) is 10.8. The van der Waals surface area contributed by atoms with Gasteiger partial charge in [0.05, 0.1) is 11.1 Å². The van der Waals surface area contributed by atoms with Crippen molar-refractivity contribution in [2.24, 2.45) is 17.6 Å². The molecule has 6 nitrogen and oxygen atoms in total. The van der Waals surface area contributed by atoms with E-state index in [2.05, 4.69) is 9.97 Å². The van der Waals surface area contributed by atoms with Crippen molar-refractivity contribution in [2.45, 2.75) is 12.2 Å². The number of pyridine rings is 2. The molecule has 154 valence electrons. The lowest BCUT2D eigenvalue weighted by Gasteiger charge is -2.18. The smallest absolute Gasteiger partial charge is 0.417 e. The first kappa shape index (κ1) is 18.8. The Bertz CT molecular complexity index is 1120. The van der Waals surface area contributed by atoms with Crippen LogP contribution < -0.4 is 10.5 Å². The molecule has 1 saturated carbocycles. The van der Waals surface area contributed by atoms with Gasteiger partial charge in [0, 0.05) is 36.8 Å². The highest BCUT2D eigenvalue weighted by Gasteiger charge is 2.54. The number of piperidine rings is 1. The number of likely N-dealkylation sites (tertiary alicyclic amines) is 1. The molecule has 3 aromatic rings. The van der Waals surface area contributed by atoms with Gasteiger partial charge in [0.1, 0.15) is 11.4 Å². The minimum Gasteiger partial charge on any atom is -0.439 e. The number of fused-ring (bicyclic) bond motifs is 2. The van der Waals surface area contributed by atoms with Gasteiger partial charge in [-0.05, 0) is 42.2 Å². The van der Waals surface area contributed by atoms with Crippen LogP contribution in [0.3, 0.4) is 0 Å². The number of ether oxygens (including phenoxy) is 1. The summed E-state index contributed by atoms with van der Waals surface area (Å²) >= 11 is 0. The number of aromatic nitrogens is 2. The van der Waals surface area contributed by atoms with Crippen molar-refractivity contribution >= 4 is 16.8 Å². The van der Waals surface area contributed by atoms with Crippen LogP contribution in [-0.4, -0.2) is 39.9 Å². The Labute approximate surface area is 169 Å².